The molecule has 2 unspecified atom stereocenters. The van der Waals surface area contributed by atoms with Gasteiger partial charge < -0.3 is 0 Å². The van der Waals surface area contributed by atoms with E-state index < -0.39 is 0 Å². The summed E-state index contributed by atoms with van der Waals surface area (Å²) in [6.07, 6.45) is 1.54. The van der Waals surface area contributed by atoms with Gasteiger partial charge in [0.25, 0.3) is 0 Å². The number of hydrogen-bond acceptors (Lipinski definition) is 1. The van der Waals surface area contributed by atoms with E-state index in [1.165, 1.54) is 19.5 Å². The van der Waals surface area contributed by atoms with Crippen LogP contribution < -0.4 is 5.32 Å². The minimum atomic E-state index is 1.01. The van der Waals surface area contributed by atoms with E-state index >= 15 is 0 Å². The maximum atomic E-state index is 3.50. The Kier molecular flexibility index (Phi) is 1.80. The Morgan fingerprint density at radius 1 is 1.11 bits per heavy atom. The van der Waals surface area contributed by atoms with E-state index in [0.29, 0.717) is 0 Å². The van der Waals surface area contributed by atoms with Gasteiger partial charge in [0.1, 0.15) is 0 Å². The third-order valence-corrected chi connectivity index (χ3v) is 5.21. The molecule has 2 bridgehead atoms. The van der Waals surface area contributed by atoms with Gasteiger partial charge in [-0.3, -0.25) is 0 Å². The first kappa shape index (κ1) is 6.21. The van der Waals surface area contributed by atoms with Crippen molar-refractivity contribution in [3.63, 3.8) is 0 Å². The fourth-order valence-corrected chi connectivity index (χ4v) is 4.53. The fraction of sp³-hybridized carbons (Fsp3) is 1.00. The van der Waals surface area contributed by atoms with Gasteiger partial charge in [-0.15, -0.1) is 0 Å². The minimum absolute atomic E-state index is 1.01. The molecule has 9 heavy (non-hydrogen) atoms. The van der Waals surface area contributed by atoms with E-state index in [4.69, 9.17) is 0 Å². The van der Waals surface area contributed by atoms with Crippen molar-refractivity contribution in [3.05, 3.63) is 0 Å². The molecular formula is C7H13NSe. The number of piperidine rings is 1. The Balaban J connectivity index is 1.96. The maximum absolute atomic E-state index is 3.50. The molecule has 0 aromatic rings. The van der Waals surface area contributed by atoms with Crippen LogP contribution in [0.2, 0.25) is 10.6 Å². The van der Waals surface area contributed by atoms with Crippen LogP contribution in [0, 0.1) is 11.8 Å². The predicted octanol–water partition coefficient (Wildman–Crippen LogP) is 0.766. The summed E-state index contributed by atoms with van der Waals surface area (Å²) in [6.45, 7) is 2.64. The Morgan fingerprint density at radius 3 is 2.33 bits per heavy atom. The third-order valence-electron chi connectivity index (χ3n) is 2.24. The van der Waals surface area contributed by atoms with Gasteiger partial charge in [0.05, 0.1) is 0 Å². The van der Waals surface area contributed by atoms with Crippen molar-refractivity contribution >= 4 is 15.0 Å². The van der Waals surface area contributed by atoms with Gasteiger partial charge in [-0.05, 0) is 0 Å². The van der Waals surface area contributed by atoms with Gasteiger partial charge in [-0.2, -0.15) is 0 Å². The van der Waals surface area contributed by atoms with Crippen molar-refractivity contribution in [1.82, 2.24) is 5.32 Å². The van der Waals surface area contributed by atoms with Gasteiger partial charge in [-0.25, -0.2) is 0 Å². The molecule has 2 rings (SSSR count). The summed E-state index contributed by atoms with van der Waals surface area (Å²) in [7, 11) is 0. The Bertz CT molecular complexity index is 85.1. The number of nitrogens with one attached hydrogen (secondary N) is 1. The molecule has 2 atom stereocenters. The summed E-state index contributed by atoms with van der Waals surface area (Å²) in [5.41, 5.74) is 0. The van der Waals surface area contributed by atoms with Crippen LogP contribution in [0.15, 0.2) is 0 Å². The van der Waals surface area contributed by atoms with Crippen molar-refractivity contribution in [2.24, 2.45) is 11.8 Å². The number of fused-ring (bicyclic) bond motifs is 2. The summed E-state index contributed by atoms with van der Waals surface area (Å²) < 4.78 is 0. The van der Waals surface area contributed by atoms with Crippen molar-refractivity contribution in [2.45, 2.75) is 17.1 Å². The van der Waals surface area contributed by atoms with E-state index in [1.807, 2.05) is 0 Å². The molecule has 2 aliphatic heterocycles. The third kappa shape index (κ3) is 1.31. The van der Waals surface area contributed by atoms with Gasteiger partial charge >= 0.3 is 62.3 Å². The topological polar surface area (TPSA) is 12.0 Å². The van der Waals surface area contributed by atoms with Crippen LogP contribution >= 0.6 is 0 Å². The summed E-state index contributed by atoms with van der Waals surface area (Å²) in [6, 6.07) is 0. The van der Waals surface area contributed by atoms with Crippen LogP contribution in [0.1, 0.15) is 6.42 Å². The zero-order valence-electron chi connectivity index (χ0n) is 5.60. The molecule has 2 saturated heterocycles. The van der Waals surface area contributed by atoms with Gasteiger partial charge in [0.2, 0.25) is 0 Å². The van der Waals surface area contributed by atoms with Crippen LogP contribution in [0.4, 0.5) is 0 Å². The van der Waals surface area contributed by atoms with Crippen molar-refractivity contribution < 1.29 is 0 Å². The second kappa shape index (κ2) is 2.61. The summed E-state index contributed by atoms with van der Waals surface area (Å²) in [5.74, 6) is 2.13. The van der Waals surface area contributed by atoms with Gasteiger partial charge in [0, 0.05) is 0 Å². The summed E-state index contributed by atoms with van der Waals surface area (Å²) >= 11 is 1.01. The van der Waals surface area contributed by atoms with Crippen molar-refractivity contribution in [2.75, 3.05) is 13.1 Å². The zero-order chi connectivity index (χ0) is 6.10. The van der Waals surface area contributed by atoms with Crippen LogP contribution in [0.25, 0.3) is 0 Å². The van der Waals surface area contributed by atoms with Crippen molar-refractivity contribution in [3.8, 4) is 0 Å². The quantitative estimate of drug-likeness (QED) is 0.556. The van der Waals surface area contributed by atoms with Crippen LogP contribution in [0.5, 0.6) is 0 Å². The van der Waals surface area contributed by atoms with E-state index in [-0.39, 0.29) is 0 Å². The Morgan fingerprint density at radius 2 is 1.78 bits per heavy atom. The average Bonchev–Trinajstić information content (AvgIpc) is 1.88. The Labute approximate surface area is 62.7 Å². The molecule has 2 fully saturated rings. The second-order valence-corrected chi connectivity index (χ2v) is 5.42. The molecule has 1 N–H and O–H groups in total. The normalized spacial score (nSPS) is 42.7. The molecule has 0 aliphatic carbocycles. The molecule has 0 aromatic heterocycles. The molecule has 0 saturated carbocycles. The van der Waals surface area contributed by atoms with Crippen molar-refractivity contribution in [1.29, 1.82) is 0 Å². The standard InChI is InChI=1S/C7H13NSe/c1-6-2-8-3-7(1)5-9-4-6/h6-8H,1-5H2. The first-order chi connectivity index (χ1) is 4.45. The van der Waals surface area contributed by atoms with E-state index in [9.17, 15) is 0 Å². The molecule has 52 valence electrons. The molecule has 2 aliphatic rings. The van der Waals surface area contributed by atoms with Gasteiger partial charge in [0.15, 0.2) is 0 Å². The monoisotopic (exact) mass is 191 g/mol. The van der Waals surface area contributed by atoms with E-state index in [1.54, 1.807) is 10.6 Å². The molecule has 0 amide bonds. The summed E-state index contributed by atoms with van der Waals surface area (Å²) in [5, 5.41) is 6.60. The van der Waals surface area contributed by atoms with E-state index in [2.05, 4.69) is 5.32 Å². The zero-order valence-corrected chi connectivity index (χ0v) is 7.31. The first-order valence-corrected chi connectivity index (χ1v) is 6.16. The fourth-order valence-electron chi connectivity index (χ4n) is 1.78. The summed E-state index contributed by atoms with van der Waals surface area (Å²) in [4.78, 5) is 0. The SMILES string of the molecule is C1NCC2C[Se]CC1C2. The van der Waals surface area contributed by atoms with Crippen LogP contribution in [0.3, 0.4) is 0 Å². The molecule has 2 heterocycles. The Hall–Kier alpha value is 0.479. The van der Waals surface area contributed by atoms with Gasteiger partial charge in [-0.1, -0.05) is 0 Å². The molecule has 1 nitrogen and oxygen atoms in total. The average molecular weight is 190 g/mol. The number of hydrogen-bond donors (Lipinski definition) is 1. The predicted molar refractivity (Wildman–Crippen MR) is 39.8 cm³/mol. The molecule has 0 aromatic carbocycles. The molecule has 0 spiro atoms. The van der Waals surface area contributed by atoms with E-state index in [0.717, 1.165) is 26.8 Å². The molecular weight excluding hydrogens is 177 g/mol. The van der Waals surface area contributed by atoms with Crippen LogP contribution in [-0.4, -0.2) is 28.0 Å². The molecule has 2 heteroatoms. The number of rotatable bonds is 0. The first-order valence-electron chi connectivity index (χ1n) is 3.73. The second-order valence-electron chi connectivity index (χ2n) is 3.16. The molecule has 0 radical (unpaired) electrons. The van der Waals surface area contributed by atoms with Crippen LogP contribution in [-0.2, 0) is 0 Å².